The zero-order valence-electron chi connectivity index (χ0n) is 11.9. The summed E-state index contributed by atoms with van der Waals surface area (Å²) in [5, 5.41) is 28.1. The van der Waals surface area contributed by atoms with Gasteiger partial charge < -0.3 is 15.1 Å². The van der Waals surface area contributed by atoms with E-state index in [9.17, 15) is 5.11 Å². The highest BCUT2D eigenvalue weighted by Crippen LogP contribution is 2.34. The molecular weight excluding hydrogens is 252 g/mol. The van der Waals surface area contributed by atoms with Gasteiger partial charge in [-0.1, -0.05) is 6.07 Å². The summed E-state index contributed by atoms with van der Waals surface area (Å²) in [5.41, 5.74) is 2.41. The lowest BCUT2D eigenvalue weighted by Crippen LogP contribution is -2.41. The standard InChI is InChI=1S/C16H22N2O2/c1-12(20)15-7-6-13(11-17)10-16(15)18(8-3-9-19)14-4-2-5-14/h6-7,10,12,14,19-20H,2-5,8-9H2,1H3/t12-/m0/s1. The predicted molar refractivity (Wildman–Crippen MR) is 78.5 cm³/mol. The second-order valence-corrected chi connectivity index (χ2v) is 5.42. The van der Waals surface area contributed by atoms with Crippen molar-refractivity contribution in [2.45, 2.75) is 44.8 Å². The van der Waals surface area contributed by atoms with Crippen molar-refractivity contribution < 1.29 is 10.2 Å². The Labute approximate surface area is 120 Å². The average Bonchev–Trinajstić information content (AvgIpc) is 2.40. The Morgan fingerprint density at radius 1 is 1.45 bits per heavy atom. The molecule has 1 aliphatic carbocycles. The van der Waals surface area contributed by atoms with E-state index in [1.54, 1.807) is 13.0 Å². The molecule has 0 aliphatic heterocycles. The van der Waals surface area contributed by atoms with Gasteiger partial charge in [0.2, 0.25) is 0 Å². The molecule has 1 atom stereocenters. The fourth-order valence-electron chi connectivity index (χ4n) is 2.65. The number of hydrogen-bond donors (Lipinski definition) is 2. The van der Waals surface area contributed by atoms with E-state index in [1.807, 2.05) is 12.1 Å². The van der Waals surface area contributed by atoms with Crippen LogP contribution in [-0.4, -0.2) is 29.4 Å². The lowest BCUT2D eigenvalue weighted by Gasteiger charge is -2.40. The van der Waals surface area contributed by atoms with Crippen LogP contribution in [0.25, 0.3) is 0 Å². The first-order valence-electron chi connectivity index (χ1n) is 7.27. The molecule has 0 radical (unpaired) electrons. The minimum absolute atomic E-state index is 0.158. The molecule has 2 rings (SSSR count). The summed E-state index contributed by atoms with van der Waals surface area (Å²) in [6, 6.07) is 8.07. The number of anilines is 1. The largest absolute Gasteiger partial charge is 0.396 e. The van der Waals surface area contributed by atoms with Gasteiger partial charge >= 0.3 is 0 Å². The van der Waals surface area contributed by atoms with Crippen LogP contribution in [0.5, 0.6) is 0 Å². The number of hydrogen-bond acceptors (Lipinski definition) is 4. The van der Waals surface area contributed by atoms with E-state index >= 15 is 0 Å². The monoisotopic (exact) mass is 274 g/mol. The van der Waals surface area contributed by atoms with Crippen LogP contribution < -0.4 is 4.90 Å². The van der Waals surface area contributed by atoms with E-state index in [4.69, 9.17) is 10.4 Å². The molecule has 1 saturated carbocycles. The number of nitrogens with zero attached hydrogens (tertiary/aromatic N) is 2. The molecule has 2 N–H and O–H groups in total. The van der Waals surface area contributed by atoms with E-state index in [1.165, 1.54) is 6.42 Å². The van der Waals surface area contributed by atoms with Crippen molar-refractivity contribution in [1.82, 2.24) is 0 Å². The molecule has 1 aromatic carbocycles. The Morgan fingerprint density at radius 2 is 2.20 bits per heavy atom. The molecule has 0 saturated heterocycles. The Balaban J connectivity index is 2.36. The smallest absolute Gasteiger partial charge is 0.0992 e. The lowest BCUT2D eigenvalue weighted by atomic mass is 9.90. The fraction of sp³-hybridized carbons (Fsp3) is 0.562. The maximum Gasteiger partial charge on any atom is 0.0992 e. The summed E-state index contributed by atoms with van der Waals surface area (Å²) < 4.78 is 0. The molecule has 108 valence electrons. The van der Waals surface area contributed by atoms with Crippen molar-refractivity contribution in [1.29, 1.82) is 5.26 Å². The van der Waals surface area contributed by atoms with Gasteiger partial charge in [0.15, 0.2) is 0 Å². The van der Waals surface area contributed by atoms with Crippen molar-refractivity contribution in [2.24, 2.45) is 0 Å². The molecule has 0 unspecified atom stereocenters. The van der Waals surface area contributed by atoms with Gasteiger partial charge in [0.1, 0.15) is 0 Å². The van der Waals surface area contributed by atoms with Crippen LogP contribution in [-0.2, 0) is 0 Å². The van der Waals surface area contributed by atoms with Crippen LogP contribution in [0, 0.1) is 11.3 Å². The Bertz CT molecular complexity index is 490. The quantitative estimate of drug-likeness (QED) is 0.835. The number of aliphatic hydroxyl groups is 2. The van der Waals surface area contributed by atoms with E-state index in [0.717, 1.165) is 30.6 Å². The minimum Gasteiger partial charge on any atom is -0.396 e. The highest BCUT2D eigenvalue weighted by molar-refractivity contribution is 5.59. The first-order chi connectivity index (χ1) is 9.67. The first-order valence-corrected chi connectivity index (χ1v) is 7.27. The normalized spacial score (nSPS) is 16.3. The second-order valence-electron chi connectivity index (χ2n) is 5.42. The van der Waals surface area contributed by atoms with Crippen LogP contribution in [0.4, 0.5) is 5.69 Å². The summed E-state index contributed by atoms with van der Waals surface area (Å²) in [6.07, 6.45) is 3.65. The number of benzene rings is 1. The van der Waals surface area contributed by atoms with Gasteiger partial charge in [-0.2, -0.15) is 5.26 Å². The fourth-order valence-corrected chi connectivity index (χ4v) is 2.65. The Hall–Kier alpha value is -1.57. The van der Waals surface area contributed by atoms with Gasteiger partial charge in [0, 0.05) is 30.4 Å². The first kappa shape index (κ1) is 14.8. The van der Waals surface area contributed by atoms with E-state index in [-0.39, 0.29) is 6.61 Å². The number of nitriles is 1. The zero-order chi connectivity index (χ0) is 14.5. The van der Waals surface area contributed by atoms with Crippen LogP contribution in [0.2, 0.25) is 0 Å². The highest BCUT2D eigenvalue weighted by Gasteiger charge is 2.27. The predicted octanol–water partition coefficient (Wildman–Crippen LogP) is 2.35. The summed E-state index contributed by atoms with van der Waals surface area (Å²) in [4.78, 5) is 2.25. The van der Waals surface area contributed by atoms with Crippen molar-refractivity contribution in [3.63, 3.8) is 0 Å². The average molecular weight is 274 g/mol. The van der Waals surface area contributed by atoms with Gasteiger partial charge in [-0.05, 0) is 44.7 Å². The van der Waals surface area contributed by atoms with Crippen molar-refractivity contribution >= 4 is 5.69 Å². The third-order valence-electron chi connectivity index (χ3n) is 3.99. The number of aliphatic hydroxyl groups excluding tert-OH is 2. The summed E-state index contributed by atoms with van der Waals surface area (Å²) in [7, 11) is 0. The molecule has 0 aromatic heterocycles. The number of rotatable bonds is 6. The Kier molecular flexibility index (Phi) is 4.99. The Morgan fingerprint density at radius 3 is 2.70 bits per heavy atom. The van der Waals surface area contributed by atoms with Crippen LogP contribution in [0.15, 0.2) is 18.2 Å². The second kappa shape index (κ2) is 6.74. The molecule has 1 aliphatic rings. The molecule has 0 spiro atoms. The van der Waals surface area contributed by atoms with Crippen molar-refractivity contribution in [3.05, 3.63) is 29.3 Å². The third kappa shape index (κ3) is 3.12. The highest BCUT2D eigenvalue weighted by atomic mass is 16.3. The van der Waals surface area contributed by atoms with Gasteiger partial charge in [0.05, 0.1) is 17.7 Å². The molecule has 4 nitrogen and oxygen atoms in total. The molecule has 4 heteroatoms. The van der Waals surface area contributed by atoms with Gasteiger partial charge in [-0.3, -0.25) is 0 Å². The molecule has 20 heavy (non-hydrogen) atoms. The van der Waals surface area contributed by atoms with Crippen LogP contribution >= 0.6 is 0 Å². The van der Waals surface area contributed by atoms with Crippen LogP contribution in [0.1, 0.15) is 49.8 Å². The van der Waals surface area contributed by atoms with Crippen molar-refractivity contribution in [3.8, 4) is 6.07 Å². The molecule has 1 aromatic rings. The summed E-state index contributed by atoms with van der Waals surface area (Å²) >= 11 is 0. The molecule has 0 bridgehead atoms. The van der Waals surface area contributed by atoms with E-state index < -0.39 is 6.10 Å². The van der Waals surface area contributed by atoms with Gasteiger partial charge in [0.25, 0.3) is 0 Å². The summed E-state index contributed by atoms with van der Waals surface area (Å²) in [6.45, 7) is 2.66. The van der Waals surface area contributed by atoms with Crippen LogP contribution in [0.3, 0.4) is 0 Å². The van der Waals surface area contributed by atoms with E-state index in [2.05, 4.69) is 11.0 Å². The van der Waals surface area contributed by atoms with Crippen molar-refractivity contribution in [2.75, 3.05) is 18.1 Å². The summed E-state index contributed by atoms with van der Waals surface area (Å²) in [5.74, 6) is 0. The molecular formula is C16H22N2O2. The third-order valence-corrected chi connectivity index (χ3v) is 3.99. The molecule has 1 fully saturated rings. The molecule has 0 amide bonds. The maximum atomic E-state index is 9.96. The minimum atomic E-state index is -0.561. The zero-order valence-corrected chi connectivity index (χ0v) is 11.9. The lowest BCUT2D eigenvalue weighted by molar-refractivity contribution is 0.199. The van der Waals surface area contributed by atoms with E-state index in [0.29, 0.717) is 18.0 Å². The van der Waals surface area contributed by atoms with Gasteiger partial charge in [-0.25, -0.2) is 0 Å². The topological polar surface area (TPSA) is 67.5 Å². The molecule has 0 heterocycles. The SMILES string of the molecule is C[C@H](O)c1ccc(C#N)cc1N(CCCO)C1CCC1. The maximum absolute atomic E-state index is 9.96. The van der Waals surface area contributed by atoms with Gasteiger partial charge in [-0.15, -0.1) is 0 Å².